The predicted molar refractivity (Wildman–Crippen MR) is 71.9 cm³/mol. The van der Waals surface area contributed by atoms with Gasteiger partial charge in [0.25, 0.3) is 0 Å². The van der Waals surface area contributed by atoms with Gasteiger partial charge in [0, 0.05) is 16.6 Å². The number of hydrogen-bond donors (Lipinski definition) is 2. The van der Waals surface area contributed by atoms with Crippen molar-refractivity contribution in [2.75, 3.05) is 0 Å². The van der Waals surface area contributed by atoms with Crippen molar-refractivity contribution < 1.29 is 28.2 Å². The Labute approximate surface area is 127 Å². The van der Waals surface area contributed by atoms with Gasteiger partial charge >= 0.3 is 12.6 Å². The molecule has 1 saturated carbocycles. The lowest BCUT2D eigenvalue weighted by Crippen LogP contribution is -2.36. The normalized spacial score (nSPS) is 15.6. The zero-order chi connectivity index (χ0) is 15.6. The molecule has 0 aliphatic heterocycles. The molecule has 21 heavy (non-hydrogen) atoms. The van der Waals surface area contributed by atoms with E-state index in [-0.39, 0.29) is 25.1 Å². The van der Waals surface area contributed by atoms with Gasteiger partial charge in [-0.25, -0.2) is 0 Å². The first kappa shape index (κ1) is 15.7. The van der Waals surface area contributed by atoms with Crippen LogP contribution in [0.2, 0.25) is 0 Å². The van der Waals surface area contributed by atoms with Crippen molar-refractivity contribution in [2.24, 2.45) is 5.41 Å². The number of halogens is 3. The van der Waals surface area contributed by atoms with E-state index in [0.717, 1.165) is 0 Å². The number of carboxylic acids is 1. The quantitative estimate of drug-likeness (QED) is 0.761. The van der Waals surface area contributed by atoms with Crippen LogP contribution in [-0.2, 0) is 16.1 Å². The van der Waals surface area contributed by atoms with Crippen LogP contribution in [0.3, 0.4) is 0 Å². The average molecular weight is 364 g/mol. The Hall–Kier alpha value is -1.70. The third-order valence-corrected chi connectivity index (χ3v) is 3.77. The Morgan fingerprint density at radius 2 is 2.10 bits per heavy atom. The molecule has 114 valence electrons. The van der Waals surface area contributed by atoms with E-state index < -0.39 is 23.9 Å². The van der Waals surface area contributed by atoms with Crippen LogP contribution in [0.25, 0.3) is 0 Å². The molecule has 2 rings (SSSR count). The number of alkyl halides is 2. The first-order valence-electron chi connectivity index (χ1n) is 6.10. The highest BCUT2D eigenvalue weighted by molar-refractivity contribution is 9.10. The Balaban J connectivity index is 2.07. The smallest absolute Gasteiger partial charge is 0.387 e. The van der Waals surface area contributed by atoms with Crippen molar-refractivity contribution in [3.05, 3.63) is 28.2 Å². The molecular weight excluding hydrogens is 352 g/mol. The third-order valence-electron chi connectivity index (χ3n) is 3.27. The molecule has 0 spiro atoms. The minimum Gasteiger partial charge on any atom is -0.480 e. The van der Waals surface area contributed by atoms with Crippen LogP contribution in [0.15, 0.2) is 22.7 Å². The third kappa shape index (κ3) is 3.49. The Morgan fingerprint density at radius 3 is 2.62 bits per heavy atom. The van der Waals surface area contributed by atoms with E-state index in [4.69, 9.17) is 5.11 Å². The SMILES string of the molecule is O=C(O)C1(C(=O)NCc2cc(Br)ccc2OC(F)F)CC1. The summed E-state index contributed by atoms with van der Waals surface area (Å²) in [5.74, 6) is -1.84. The Morgan fingerprint density at radius 1 is 1.43 bits per heavy atom. The van der Waals surface area contributed by atoms with Gasteiger partial charge in [0.15, 0.2) is 0 Å². The summed E-state index contributed by atoms with van der Waals surface area (Å²) in [6, 6.07) is 4.41. The van der Waals surface area contributed by atoms with Crippen molar-refractivity contribution in [2.45, 2.75) is 26.0 Å². The molecular formula is C13H12BrF2NO4. The number of ether oxygens (including phenoxy) is 1. The molecule has 0 radical (unpaired) electrons. The van der Waals surface area contributed by atoms with E-state index >= 15 is 0 Å². The summed E-state index contributed by atoms with van der Waals surface area (Å²) in [4.78, 5) is 22.9. The van der Waals surface area contributed by atoms with Gasteiger partial charge in [-0.3, -0.25) is 9.59 Å². The summed E-state index contributed by atoms with van der Waals surface area (Å²) in [5.41, 5.74) is -1.03. The van der Waals surface area contributed by atoms with Crippen molar-refractivity contribution >= 4 is 27.8 Å². The lowest BCUT2D eigenvalue weighted by Gasteiger charge is -2.14. The van der Waals surface area contributed by atoms with Crippen LogP contribution in [0.1, 0.15) is 18.4 Å². The topological polar surface area (TPSA) is 75.6 Å². The van der Waals surface area contributed by atoms with Crippen LogP contribution in [0.4, 0.5) is 8.78 Å². The molecule has 0 heterocycles. The molecule has 0 atom stereocenters. The number of hydrogen-bond acceptors (Lipinski definition) is 3. The number of rotatable bonds is 6. The van der Waals surface area contributed by atoms with Gasteiger partial charge in [-0.05, 0) is 31.0 Å². The van der Waals surface area contributed by atoms with Crippen molar-refractivity contribution in [3.8, 4) is 5.75 Å². The molecule has 1 amide bonds. The monoisotopic (exact) mass is 363 g/mol. The summed E-state index contributed by atoms with van der Waals surface area (Å²) in [6.45, 7) is -3.07. The van der Waals surface area contributed by atoms with Crippen LogP contribution in [-0.4, -0.2) is 23.6 Å². The van der Waals surface area contributed by atoms with Gasteiger partial charge in [-0.15, -0.1) is 0 Å². The lowest BCUT2D eigenvalue weighted by molar-refractivity contribution is -0.149. The van der Waals surface area contributed by atoms with Gasteiger partial charge in [0.05, 0.1) is 0 Å². The molecule has 1 aromatic carbocycles. The van der Waals surface area contributed by atoms with E-state index in [2.05, 4.69) is 26.0 Å². The molecule has 1 aromatic rings. The molecule has 0 bridgehead atoms. The van der Waals surface area contributed by atoms with Gasteiger partial charge in [0.1, 0.15) is 11.2 Å². The maximum Gasteiger partial charge on any atom is 0.387 e. The number of carboxylic acid groups (broad SMARTS) is 1. The van der Waals surface area contributed by atoms with Crippen molar-refractivity contribution in [3.63, 3.8) is 0 Å². The van der Waals surface area contributed by atoms with Gasteiger partial charge < -0.3 is 15.2 Å². The highest BCUT2D eigenvalue weighted by Gasteiger charge is 2.56. The van der Waals surface area contributed by atoms with Gasteiger partial charge in [-0.1, -0.05) is 15.9 Å². The minimum atomic E-state index is -2.98. The number of amides is 1. The molecule has 2 N–H and O–H groups in total. The predicted octanol–water partition coefficient (Wildman–Crippen LogP) is 2.53. The van der Waals surface area contributed by atoms with Crippen LogP contribution in [0.5, 0.6) is 5.75 Å². The fourth-order valence-corrected chi connectivity index (χ4v) is 2.31. The maximum absolute atomic E-state index is 12.3. The van der Waals surface area contributed by atoms with E-state index in [1.165, 1.54) is 18.2 Å². The minimum absolute atomic E-state index is 0.0614. The second-order valence-corrected chi connectivity index (χ2v) is 5.62. The van der Waals surface area contributed by atoms with E-state index in [1.807, 2.05) is 0 Å². The van der Waals surface area contributed by atoms with Crippen LogP contribution in [0, 0.1) is 5.41 Å². The second kappa shape index (κ2) is 5.97. The molecule has 1 aliphatic rings. The summed E-state index contributed by atoms with van der Waals surface area (Å²) in [7, 11) is 0. The highest BCUT2D eigenvalue weighted by atomic mass is 79.9. The largest absolute Gasteiger partial charge is 0.480 e. The molecule has 1 fully saturated rings. The standard InChI is InChI=1S/C13H12BrF2NO4/c14-8-1-2-9(21-12(15)16)7(5-8)6-17-10(18)13(3-4-13)11(19)20/h1-2,5,12H,3-4,6H2,(H,17,18)(H,19,20). The number of carbonyl (C=O) groups excluding carboxylic acids is 1. The Kier molecular flexibility index (Phi) is 4.46. The molecule has 8 heteroatoms. The van der Waals surface area contributed by atoms with Crippen molar-refractivity contribution in [1.29, 1.82) is 0 Å². The lowest BCUT2D eigenvalue weighted by atomic mass is 10.1. The number of benzene rings is 1. The van der Waals surface area contributed by atoms with Gasteiger partial charge in [-0.2, -0.15) is 8.78 Å². The maximum atomic E-state index is 12.3. The molecule has 0 unspecified atom stereocenters. The van der Waals surface area contributed by atoms with Crippen LogP contribution < -0.4 is 10.1 Å². The molecule has 0 saturated heterocycles. The summed E-state index contributed by atoms with van der Waals surface area (Å²) in [5, 5.41) is 11.5. The second-order valence-electron chi connectivity index (χ2n) is 4.70. The van der Waals surface area contributed by atoms with E-state index in [9.17, 15) is 18.4 Å². The number of aliphatic carboxylic acids is 1. The summed E-state index contributed by atoms with van der Waals surface area (Å²) in [6.07, 6.45) is 0.570. The molecule has 0 aromatic heterocycles. The highest BCUT2D eigenvalue weighted by Crippen LogP contribution is 2.46. The average Bonchev–Trinajstić information content (AvgIpc) is 3.19. The number of nitrogens with one attached hydrogen (secondary N) is 1. The molecule has 1 aliphatic carbocycles. The zero-order valence-corrected chi connectivity index (χ0v) is 12.3. The zero-order valence-electron chi connectivity index (χ0n) is 10.7. The first-order chi connectivity index (χ1) is 9.85. The van der Waals surface area contributed by atoms with Gasteiger partial charge in [0.2, 0.25) is 5.91 Å². The molecule has 5 nitrogen and oxygen atoms in total. The first-order valence-corrected chi connectivity index (χ1v) is 6.89. The van der Waals surface area contributed by atoms with Crippen LogP contribution >= 0.6 is 15.9 Å². The fraction of sp³-hybridized carbons (Fsp3) is 0.385. The van der Waals surface area contributed by atoms with E-state index in [0.29, 0.717) is 10.0 Å². The fourth-order valence-electron chi connectivity index (χ4n) is 1.90. The van der Waals surface area contributed by atoms with Crippen molar-refractivity contribution in [1.82, 2.24) is 5.32 Å². The summed E-state index contributed by atoms with van der Waals surface area (Å²) < 4.78 is 29.6. The van der Waals surface area contributed by atoms with E-state index in [1.54, 1.807) is 0 Å². The Bertz CT molecular complexity index is 575. The number of carbonyl (C=O) groups is 2. The summed E-state index contributed by atoms with van der Waals surface area (Å²) >= 11 is 3.19.